The monoisotopic (exact) mass is 358 g/mol. The second kappa shape index (κ2) is 6.72. The van der Waals surface area contributed by atoms with Crippen molar-refractivity contribution in [3.63, 3.8) is 0 Å². The van der Waals surface area contributed by atoms with Gasteiger partial charge in [-0.3, -0.25) is 0 Å². The van der Waals surface area contributed by atoms with Crippen molar-refractivity contribution in [3.8, 4) is 11.7 Å². The van der Waals surface area contributed by atoms with Gasteiger partial charge < -0.3 is 19.2 Å². The van der Waals surface area contributed by atoms with Gasteiger partial charge in [-0.1, -0.05) is 5.16 Å². The van der Waals surface area contributed by atoms with Crippen molar-refractivity contribution in [3.05, 3.63) is 46.1 Å². The maximum atomic E-state index is 12.6. The smallest absolute Gasteiger partial charge is 0.318 e. The number of furan rings is 1. The molecule has 3 heterocycles. The molecule has 0 aliphatic heterocycles. The van der Waals surface area contributed by atoms with E-state index in [2.05, 4.69) is 34.5 Å². The van der Waals surface area contributed by atoms with Gasteiger partial charge in [0.1, 0.15) is 0 Å². The standard InChI is InChI=1S/C17H18N4O3S/c1-11-4-7-13(25-11)10-21(12-5-6-12)17(22)18-9-15-19-16(24-20-15)14-3-2-8-23-14/h2-4,7-8,12H,5-6,9-10H2,1H3,(H,18,22). The molecule has 0 unspecified atom stereocenters. The maximum Gasteiger partial charge on any atom is 0.318 e. The van der Waals surface area contributed by atoms with Crippen LogP contribution < -0.4 is 5.32 Å². The third-order valence-electron chi connectivity index (χ3n) is 3.97. The Morgan fingerprint density at radius 3 is 2.96 bits per heavy atom. The lowest BCUT2D eigenvalue weighted by atomic mass is 10.4. The lowest BCUT2D eigenvalue weighted by molar-refractivity contribution is 0.191. The Labute approximate surface area is 148 Å². The molecule has 0 saturated heterocycles. The fourth-order valence-corrected chi connectivity index (χ4v) is 3.46. The number of carbonyl (C=O) groups excluding carboxylic acids is 1. The Balaban J connectivity index is 1.37. The minimum Gasteiger partial charge on any atom is -0.459 e. The normalized spacial score (nSPS) is 13.8. The van der Waals surface area contributed by atoms with Crippen molar-refractivity contribution in [2.75, 3.05) is 0 Å². The molecule has 8 heteroatoms. The first-order valence-electron chi connectivity index (χ1n) is 8.15. The summed E-state index contributed by atoms with van der Waals surface area (Å²) in [5.41, 5.74) is 0. The molecule has 0 atom stereocenters. The number of urea groups is 1. The van der Waals surface area contributed by atoms with Crippen LogP contribution in [0.15, 0.2) is 39.5 Å². The van der Waals surface area contributed by atoms with E-state index in [4.69, 9.17) is 8.94 Å². The molecule has 3 aromatic rings. The lowest BCUT2D eigenvalue weighted by Crippen LogP contribution is -2.40. The van der Waals surface area contributed by atoms with Crippen LogP contribution in [-0.2, 0) is 13.1 Å². The van der Waals surface area contributed by atoms with Crippen molar-refractivity contribution in [1.29, 1.82) is 0 Å². The van der Waals surface area contributed by atoms with E-state index in [1.54, 1.807) is 29.7 Å². The van der Waals surface area contributed by atoms with Crippen molar-refractivity contribution in [2.45, 2.75) is 38.9 Å². The maximum absolute atomic E-state index is 12.6. The summed E-state index contributed by atoms with van der Waals surface area (Å²) in [5.74, 6) is 1.24. The fraction of sp³-hybridized carbons (Fsp3) is 0.353. The summed E-state index contributed by atoms with van der Waals surface area (Å²) in [5, 5.41) is 6.76. The second-order valence-electron chi connectivity index (χ2n) is 6.02. The Morgan fingerprint density at radius 2 is 2.28 bits per heavy atom. The third-order valence-corrected chi connectivity index (χ3v) is 4.95. The number of hydrogen-bond donors (Lipinski definition) is 1. The van der Waals surface area contributed by atoms with Crippen LogP contribution in [0.5, 0.6) is 0 Å². The van der Waals surface area contributed by atoms with Crippen molar-refractivity contribution < 1.29 is 13.7 Å². The Bertz CT molecular complexity index is 851. The number of carbonyl (C=O) groups is 1. The van der Waals surface area contributed by atoms with E-state index in [-0.39, 0.29) is 12.6 Å². The summed E-state index contributed by atoms with van der Waals surface area (Å²) in [6.45, 7) is 2.93. The molecular formula is C17H18N4O3S. The highest BCUT2D eigenvalue weighted by molar-refractivity contribution is 7.11. The van der Waals surface area contributed by atoms with E-state index in [0.717, 1.165) is 12.8 Å². The molecule has 1 aliphatic rings. The van der Waals surface area contributed by atoms with E-state index in [1.165, 1.54) is 9.75 Å². The molecular weight excluding hydrogens is 340 g/mol. The summed E-state index contributed by atoms with van der Waals surface area (Å²) in [6, 6.07) is 7.88. The molecule has 1 N–H and O–H groups in total. The SMILES string of the molecule is Cc1ccc(CN(C(=O)NCc2noc(-c3ccco3)n2)C2CC2)s1. The molecule has 0 bridgehead atoms. The van der Waals surface area contributed by atoms with Gasteiger partial charge in [0.15, 0.2) is 11.6 Å². The Morgan fingerprint density at radius 1 is 1.40 bits per heavy atom. The highest BCUT2D eigenvalue weighted by Crippen LogP contribution is 2.29. The minimum absolute atomic E-state index is 0.0992. The van der Waals surface area contributed by atoms with Crippen LogP contribution in [0.1, 0.15) is 28.4 Å². The van der Waals surface area contributed by atoms with Gasteiger partial charge in [-0.05, 0) is 44.0 Å². The van der Waals surface area contributed by atoms with Gasteiger partial charge in [0.2, 0.25) is 0 Å². The molecule has 0 spiro atoms. The predicted molar refractivity (Wildman–Crippen MR) is 91.9 cm³/mol. The number of amides is 2. The first-order valence-corrected chi connectivity index (χ1v) is 8.97. The molecule has 3 aromatic heterocycles. The van der Waals surface area contributed by atoms with Gasteiger partial charge in [-0.2, -0.15) is 4.98 Å². The summed E-state index contributed by atoms with van der Waals surface area (Å²) in [4.78, 5) is 21.1. The number of aromatic nitrogens is 2. The van der Waals surface area contributed by atoms with Gasteiger partial charge in [-0.15, -0.1) is 11.3 Å². The van der Waals surface area contributed by atoms with Gasteiger partial charge in [0.05, 0.1) is 19.4 Å². The molecule has 0 radical (unpaired) electrons. The van der Waals surface area contributed by atoms with Crippen LogP contribution in [0, 0.1) is 6.92 Å². The zero-order valence-corrected chi connectivity index (χ0v) is 14.6. The molecule has 130 valence electrons. The van der Waals surface area contributed by atoms with Crippen molar-refractivity contribution in [2.24, 2.45) is 0 Å². The number of rotatable bonds is 6. The van der Waals surface area contributed by atoms with Crippen LogP contribution in [0.4, 0.5) is 4.79 Å². The molecule has 25 heavy (non-hydrogen) atoms. The largest absolute Gasteiger partial charge is 0.459 e. The average Bonchev–Trinajstić information content (AvgIpc) is 3.02. The van der Waals surface area contributed by atoms with Gasteiger partial charge in [0, 0.05) is 15.8 Å². The van der Waals surface area contributed by atoms with Crippen LogP contribution in [0.25, 0.3) is 11.7 Å². The third kappa shape index (κ3) is 3.74. The molecule has 7 nitrogen and oxygen atoms in total. The first-order chi connectivity index (χ1) is 12.2. The van der Waals surface area contributed by atoms with Gasteiger partial charge in [0.25, 0.3) is 5.89 Å². The van der Waals surface area contributed by atoms with Crippen molar-refractivity contribution in [1.82, 2.24) is 20.4 Å². The summed E-state index contributed by atoms with van der Waals surface area (Å²) in [6.07, 6.45) is 3.66. The summed E-state index contributed by atoms with van der Waals surface area (Å²) >= 11 is 1.72. The molecule has 1 fully saturated rings. The van der Waals surface area contributed by atoms with Crippen LogP contribution in [-0.4, -0.2) is 27.1 Å². The second-order valence-corrected chi connectivity index (χ2v) is 7.40. The van der Waals surface area contributed by atoms with Crippen LogP contribution in [0.2, 0.25) is 0 Å². The highest BCUT2D eigenvalue weighted by atomic mass is 32.1. The lowest BCUT2D eigenvalue weighted by Gasteiger charge is -2.21. The zero-order valence-electron chi connectivity index (χ0n) is 13.8. The molecule has 1 aliphatic carbocycles. The fourth-order valence-electron chi connectivity index (χ4n) is 2.57. The number of nitrogens with one attached hydrogen (secondary N) is 1. The van der Waals surface area contributed by atoms with E-state index >= 15 is 0 Å². The minimum atomic E-state index is -0.0992. The van der Waals surface area contributed by atoms with E-state index in [9.17, 15) is 4.79 Å². The quantitative estimate of drug-likeness (QED) is 0.728. The predicted octanol–water partition coefficient (Wildman–Crippen LogP) is 3.57. The first kappa shape index (κ1) is 15.9. The average molecular weight is 358 g/mol. The van der Waals surface area contributed by atoms with Crippen molar-refractivity contribution >= 4 is 17.4 Å². The zero-order chi connectivity index (χ0) is 17.2. The number of nitrogens with zero attached hydrogens (tertiary/aromatic N) is 3. The van der Waals surface area contributed by atoms with E-state index < -0.39 is 0 Å². The number of hydrogen-bond acceptors (Lipinski definition) is 6. The number of thiophene rings is 1. The molecule has 4 rings (SSSR count). The Hall–Kier alpha value is -2.61. The van der Waals surface area contributed by atoms with Gasteiger partial charge >= 0.3 is 6.03 Å². The van der Waals surface area contributed by atoms with E-state index in [0.29, 0.717) is 30.1 Å². The summed E-state index contributed by atoms with van der Waals surface area (Å²) in [7, 11) is 0. The molecule has 0 aromatic carbocycles. The molecule has 1 saturated carbocycles. The molecule has 2 amide bonds. The Kier molecular flexibility index (Phi) is 4.27. The van der Waals surface area contributed by atoms with Crippen LogP contribution in [0.3, 0.4) is 0 Å². The summed E-state index contributed by atoms with van der Waals surface area (Å²) < 4.78 is 10.4. The van der Waals surface area contributed by atoms with Crippen LogP contribution >= 0.6 is 11.3 Å². The highest BCUT2D eigenvalue weighted by Gasteiger charge is 2.32. The van der Waals surface area contributed by atoms with Gasteiger partial charge in [-0.25, -0.2) is 4.79 Å². The topological polar surface area (TPSA) is 84.4 Å². The van der Waals surface area contributed by atoms with E-state index in [1.807, 2.05) is 4.90 Å². The number of aryl methyl sites for hydroxylation is 1.